The molecule has 0 N–H and O–H groups in total. The van der Waals surface area contributed by atoms with Crippen LogP contribution >= 0.6 is 23.2 Å². The molecule has 0 unspecified atom stereocenters. The Morgan fingerprint density at radius 3 is 2.13 bits per heavy atom. The zero-order chi connectivity index (χ0) is 22.3. The number of nitrogens with zero attached hydrogens (tertiary/aromatic N) is 3. The lowest BCUT2D eigenvalue weighted by Crippen LogP contribution is -2.49. The monoisotopic (exact) mass is 483 g/mol. The molecule has 0 atom stereocenters. The molecule has 0 spiro atoms. The molecular weight excluding hydrogens is 470 g/mol. The van der Waals surface area contributed by atoms with E-state index in [-0.39, 0.29) is 46.8 Å². The first-order valence-corrected chi connectivity index (χ1v) is 10.7. The van der Waals surface area contributed by atoms with E-state index < -0.39 is 32.4 Å². The van der Waals surface area contributed by atoms with Crippen LogP contribution in [0.5, 0.6) is 0 Å². The van der Waals surface area contributed by atoms with E-state index in [0.717, 1.165) is 16.4 Å². The van der Waals surface area contributed by atoms with Crippen molar-refractivity contribution in [1.29, 1.82) is 0 Å². The van der Waals surface area contributed by atoms with Gasteiger partial charge in [0.15, 0.2) is 0 Å². The van der Waals surface area contributed by atoms with Crippen LogP contribution in [0, 0.1) is 10.1 Å². The van der Waals surface area contributed by atoms with Gasteiger partial charge in [0.05, 0.1) is 25.4 Å². The van der Waals surface area contributed by atoms with Crippen LogP contribution < -0.4 is 4.90 Å². The van der Waals surface area contributed by atoms with Gasteiger partial charge in [-0.15, -0.1) is 0 Å². The number of hydrogen-bond acceptors (Lipinski definition) is 5. The number of benzene rings is 2. The summed E-state index contributed by atoms with van der Waals surface area (Å²) in [6.07, 6.45) is -4.80. The first-order valence-electron chi connectivity index (χ1n) is 8.47. The summed E-state index contributed by atoms with van der Waals surface area (Å²) in [5, 5.41) is 11.1. The summed E-state index contributed by atoms with van der Waals surface area (Å²) < 4.78 is 67.0. The molecule has 1 fully saturated rings. The van der Waals surface area contributed by atoms with Crippen molar-refractivity contribution >= 4 is 44.6 Å². The van der Waals surface area contributed by atoms with Crippen LogP contribution in [0.3, 0.4) is 0 Å². The minimum Gasteiger partial charge on any atom is -0.368 e. The number of non-ortho nitro benzene ring substituents is 1. The number of hydrogen-bond donors (Lipinski definition) is 0. The molecule has 0 saturated carbocycles. The van der Waals surface area contributed by atoms with Crippen molar-refractivity contribution in [2.45, 2.75) is 11.1 Å². The predicted molar refractivity (Wildman–Crippen MR) is 106 cm³/mol. The van der Waals surface area contributed by atoms with Crippen LogP contribution in [-0.2, 0) is 16.2 Å². The maximum atomic E-state index is 13.4. The van der Waals surface area contributed by atoms with Gasteiger partial charge in [-0.2, -0.15) is 17.5 Å². The summed E-state index contributed by atoms with van der Waals surface area (Å²) in [5.74, 6) is 0. The molecule has 1 heterocycles. The van der Waals surface area contributed by atoms with E-state index in [0.29, 0.717) is 6.07 Å². The maximum absolute atomic E-state index is 13.4. The van der Waals surface area contributed by atoms with E-state index in [9.17, 15) is 31.7 Å². The normalized spacial score (nSPS) is 16.0. The molecule has 3 rings (SSSR count). The lowest BCUT2D eigenvalue weighted by Gasteiger charge is -2.36. The Morgan fingerprint density at radius 1 is 0.967 bits per heavy atom. The van der Waals surface area contributed by atoms with Gasteiger partial charge in [0, 0.05) is 44.0 Å². The van der Waals surface area contributed by atoms with E-state index in [2.05, 4.69) is 0 Å². The summed E-state index contributed by atoms with van der Waals surface area (Å²) in [5.41, 5.74) is -2.05. The van der Waals surface area contributed by atoms with E-state index in [1.807, 2.05) is 0 Å². The number of nitro groups is 1. The third-order valence-electron chi connectivity index (χ3n) is 4.60. The summed E-state index contributed by atoms with van der Waals surface area (Å²) in [6.45, 7) is -0.198. The largest absolute Gasteiger partial charge is 0.418 e. The molecule has 2 aromatic carbocycles. The Kier molecular flexibility index (Phi) is 6.19. The molecule has 0 bridgehead atoms. The standard InChI is InChI=1S/C17H14Cl2F3N3O4S/c18-14-3-2-12(10-15(14)19)30(28,29)24-7-5-23(6-8-24)16-4-1-11(25(26)27)9-13(16)17(20,21)22/h1-4,9-10H,5-8H2. The van der Waals surface area contributed by atoms with Gasteiger partial charge in [-0.05, 0) is 24.3 Å². The zero-order valence-corrected chi connectivity index (χ0v) is 17.4. The molecule has 2 aromatic rings. The summed E-state index contributed by atoms with van der Waals surface area (Å²) in [4.78, 5) is 11.2. The molecule has 1 saturated heterocycles. The highest BCUT2D eigenvalue weighted by Crippen LogP contribution is 2.39. The third kappa shape index (κ3) is 4.48. The molecule has 0 radical (unpaired) electrons. The molecule has 1 aliphatic rings. The lowest BCUT2D eigenvalue weighted by molar-refractivity contribution is -0.385. The second-order valence-corrected chi connectivity index (χ2v) is 9.18. The lowest BCUT2D eigenvalue weighted by atomic mass is 10.1. The van der Waals surface area contributed by atoms with Crippen molar-refractivity contribution in [3.63, 3.8) is 0 Å². The Balaban J connectivity index is 1.83. The van der Waals surface area contributed by atoms with Crippen LogP contribution in [0.4, 0.5) is 24.5 Å². The Bertz CT molecular complexity index is 1090. The van der Waals surface area contributed by atoms with Crippen molar-refractivity contribution in [1.82, 2.24) is 4.31 Å². The first kappa shape index (κ1) is 22.6. The Labute approximate surface area is 179 Å². The van der Waals surface area contributed by atoms with Gasteiger partial charge in [0.25, 0.3) is 5.69 Å². The van der Waals surface area contributed by atoms with Crippen molar-refractivity contribution in [2.24, 2.45) is 0 Å². The van der Waals surface area contributed by atoms with E-state index in [1.54, 1.807) is 0 Å². The van der Waals surface area contributed by atoms with E-state index in [4.69, 9.17) is 23.2 Å². The Hall–Kier alpha value is -2.08. The second-order valence-electron chi connectivity index (χ2n) is 6.42. The quantitative estimate of drug-likeness (QED) is 0.474. The predicted octanol–water partition coefficient (Wildman–Crippen LogP) is 4.43. The minimum atomic E-state index is -4.80. The highest BCUT2D eigenvalue weighted by atomic mass is 35.5. The summed E-state index contributed by atoms with van der Waals surface area (Å²) in [6, 6.07) is 6.36. The molecule has 7 nitrogen and oxygen atoms in total. The van der Waals surface area contributed by atoms with Crippen molar-refractivity contribution in [3.05, 3.63) is 62.1 Å². The molecule has 0 aromatic heterocycles. The van der Waals surface area contributed by atoms with Gasteiger partial charge in [-0.1, -0.05) is 23.2 Å². The highest BCUT2D eigenvalue weighted by Gasteiger charge is 2.38. The van der Waals surface area contributed by atoms with Crippen molar-refractivity contribution in [3.8, 4) is 0 Å². The fourth-order valence-electron chi connectivity index (χ4n) is 3.10. The van der Waals surface area contributed by atoms with Crippen LogP contribution in [-0.4, -0.2) is 43.8 Å². The second kappa shape index (κ2) is 8.22. The molecule has 0 amide bonds. The number of anilines is 1. The molecular formula is C17H14Cl2F3N3O4S. The van der Waals surface area contributed by atoms with Crippen molar-refractivity contribution < 1.29 is 26.5 Å². The molecule has 30 heavy (non-hydrogen) atoms. The third-order valence-corrected chi connectivity index (χ3v) is 7.24. The molecule has 162 valence electrons. The average Bonchev–Trinajstić information content (AvgIpc) is 2.69. The van der Waals surface area contributed by atoms with Gasteiger partial charge in [0.1, 0.15) is 0 Å². The highest BCUT2D eigenvalue weighted by molar-refractivity contribution is 7.89. The number of rotatable bonds is 4. The van der Waals surface area contributed by atoms with Gasteiger partial charge < -0.3 is 4.90 Å². The van der Waals surface area contributed by atoms with Crippen molar-refractivity contribution in [2.75, 3.05) is 31.1 Å². The van der Waals surface area contributed by atoms with Gasteiger partial charge >= 0.3 is 6.18 Å². The number of nitro benzene ring substituents is 1. The number of piperazine rings is 1. The molecule has 13 heteroatoms. The SMILES string of the molecule is O=[N+]([O-])c1ccc(N2CCN(S(=O)(=O)c3ccc(Cl)c(Cl)c3)CC2)c(C(F)(F)F)c1. The molecule has 0 aliphatic carbocycles. The van der Waals surface area contributed by atoms with E-state index >= 15 is 0 Å². The van der Waals surface area contributed by atoms with Crippen LogP contribution in [0.2, 0.25) is 10.0 Å². The van der Waals surface area contributed by atoms with Gasteiger partial charge in [0.2, 0.25) is 10.0 Å². The fourth-order valence-corrected chi connectivity index (χ4v) is 4.91. The van der Waals surface area contributed by atoms with E-state index in [1.165, 1.54) is 23.1 Å². The summed E-state index contributed by atoms with van der Waals surface area (Å²) >= 11 is 11.7. The van der Waals surface area contributed by atoms with Gasteiger partial charge in [-0.3, -0.25) is 10.1 Å². The number of alkyl halides is 3. The smallest absolute Gasteiger partial charge is 0.368 e. The number of sulfonamides is 1. The molecule has 1 aliphatic heterocycles. The Morgan fingerprint density at radius 2 is 1.60 bits per heavy atom. The zero-order valence-electron chi connectivity index (χ0n) is 15.1. The van der Waals surface area contributed by atoms with Crippen LogP contribution in [0.1, 0.15) is 5.56 Å². The van der Waals surface area contributed by atoms with Crippen LogP contribution in [0.25, 0.3) is 0 Å². The fraction of sp³-hybridized carbons (Fsp3) is 0.294. The topological polar surface area (TPSA) is 83.8 Å². The van der Waals surface area contributed by atoms with Crippen LogP contribution in [0.15, 0.2) is 41.3 Å². The minimum absolute atomic E-state index is 0.0263. The average molecular weight is 484 g/mol. The maximum Gasteiger partial charge on any atom is 0.418 e. The first-order chi connectivity index (χ1) is 13.9. The summed E-state index contributed by atoms with van der Waals surface area (Å²) in [7, 11) is -3.91. The van der Waals surface area contributed by atoms with Gasteiger partial charge in [-0.25, -0.2) is 8.42 Å². The number of halogens is 5.